The third-order valence-electron chi connectivity index (χ3n) is 3.47. The minimum absolute atomic E-state index is 0.0931. The first-order valence-electron chi connectivity index (χ1n) is 6.50. The molecule has 19 heavy (non-hydrogen) atoms. The normalized spacial score (nSPS) is 19.3. The van der Waals surface area contributed by atoms with Crippen LogP contribution in [0.3, 0.4) is 0 Å². The van der Waals surface area contributed by atoms with Gasteiger partial charge in [-0.25, -0.2) is 8.78 Å². The van der Waals surface area contributed by atoms with Gasteiger partial charge >= 0.3 is 0 Å². The smallest absolute Gasteiger partial charge is 0.149 e. The number of nitrogens with two attached hydrogens (primary N) is 1. The van der Waals surface area contributed by atoms with E-state index >= 15 is 0 Å². The molecule has 1 aromatic rings. The molecule has 0 aliphatic carbocycles. The molecule has 0 bridgehead atoms. The van der Waals surface area contributed by atoms with E-state index in [9.17, 15) is 8.78 Å². The summed E-state index contributed by atoms with van der Waals surface area (Å²) < 4.78 is 28.3. The van der Waals surface area contributed by atoms with Crippen LogP contribution in [-0.4, -0.2) is 23.6 Å². The van der Waals surface area contributed by atoms with E-state index in [1.54, 1.807) is 0 Å². The highest BCUT2D eigenvalue weighted by atomic mass is 32.2. The average Bonchev–Trinajstić information content (AvgIpc) is 2.50. The molecule has 1 heterocycles. The number of thioether (sulfide) groups is 1. The van der Waals surface area contributed by atoms with Crippen molar-refractivity contribution in [3.8, 4) is 0 Å². The molecule has 0 amide bonds. The van der Waals surface area contributed by atoms with Crippen molar-refractivity contribution in [3.63, 3.8) is 0 Å². The first-order valence-corrected chi connectivity index (χ1v) is 7.48. The van der Waals surface area contributed by atoms with Crippen LogP contribution in [0.1, 0.15) is 25.8 Å². The lowest BCUT2D eigenvalue weighted by Crippen LogP contribution is -2.28. The standard InChI is InChI=1S/C14H20F2N2S/c1-14(2)3-4-18(5-6-19-14)13-11(15)7-10(9-17)8-12(13)16/h7-8H,3-6,9,17H2,1-2H3. The molecular formula is C14H20F2N2S. The number of hydrogen-bond donors (Lipinski definition) is 1. The maximum atomic E-state index is 14.1. The second-order valence-corrected chi connectivity index (χ2v) is 7.26. The Hall–Kier alpha value is -0.810. The zero-order valence-electron chi connectivity index (χ0n) is 11.4. The molecular weight excluding hydrogens is 266 g/mol. The summed E-state index contributed by atoms with van der Waals surface area (Å²) in [5, 5.41) is 0. The number of anilines is 1. The van der Waals surface area contributed by atoms with Gasteiger partial charge in [0.05, 0.1) is 0 Å². The van der Waals surface area contributed by atoms with Crippen LogP contribution in [0.5, 0.6) is 0 Å². The van der Waals surface area contributed by atoms with E-state index in [-0.39, 0.29) is 17.0 Å². The third-order valence-corrected chi connectivity index (χ3v) is 4.84. The Morgan fingerprint density at radius 1 is 1.26 bits per heavy atom. The maximum Gasteiger partial charge on any atom is 0.149 e. The van der Waals surface area contributed by atoms with Gasteiger partial charge in [0, 0.05) is 30.1 Å². The molecule has 1 fully saturated rings. The first-order chi connectivity index (χ1) is 8.93. The molecule has 1 saturated heterocycles. The minimum Gasteiger partial charge on any atom is -0.366 e. The summed E-state index contributed by atoms with van der Waals surface area (Å²) >= 11 is 1.85. The van der Waals surface area contributed by atoms with Crippen LogP contribution in [0, 0.1) is 11.6 Å². The molecule has 0 radical (unpaired) electrons. The molecule has 2 nitrogen and oxygen atoms in total. The monoisotopic (exact) mass is 286 g/mol. The fourth-order valence-electron chi connectivity index (χ4n) is 2.28. The fourth-order valence-corrected chi connectivity index (χ4v) is 3.38. The topological polar surface area (TPSA) is 29.3 Å². The van der Waals surface area contributed by atoms with Crippen LogP contribution in [-0.2, 0) is 6.54 Å². The highest BCUT2D eigenvalue weighted by molar-refractivity contribution is 8.00. The largest absolute Gasteiger partial charge is 0.366 e. The molecule has 0 spiro atoms. The molecule has 1 aliphatic rings. The van der Waals surface area contributed by atoms with E-state index in [1.807, 2.05) is 16.7 Å². The van der Waals surface area contributed by atoms with Crippen LogP contribution in [0.25, 0.3) is 0 Å². The van der Waals surface area contributed by atoms with Crippen LogP contribution < -0.4 is 10.6 Å². The summed E-state index contributed by atoms with van der Waals surface area (Å²) in [6.07, 6.45) is 0.912. The molecule has 5 heteroatoms. The van der Waals surface area contributed by atoms with Gasteiger partial charge in [-0.3, -0.25) is 0 Å². The van der Waals surface area contributed by atoms with Gasteiger partial charge in [0.15, 0.2) is 0 Å². The van der Waals surface area contributed by atoms with Crippen LogP contribution in [0.4, 0.5) is 14.5 Å². The van der Waals surface area contributed by atoms with Crippen molar-refractivity contribution in [2.75, 3.05) is 23.7 Å². The van der Waals surface area contributed by atoms with Crippen molar-refractivity contribution in [1.82, 2.24) is 0 Å². The van der Waals surface area contributed by atoms with Crippen LogP contribution in [0.2, 0.25) is 0 Å². The van der Waals surface area contributed by atoms with Crippen LogP contribution in [0.15, 0.2) is 12.1 Å². The van der Waals surface area contributed by atoms with Crippen molar-refractivity contribution in [2.45, 2.75) is 31.6 Å². The van der Waals surface area contributed by atoms with Gasteiger partial charge in [-0.1, -0.05) is 13.8 Å². The lowest BCUT2D eigenvalue weighted by molar-refractivity contribution is 0.560. The third kappa shape index (κ3) is 3.39. The molecule has 1 aromatic carbocycles. The van der Waals surface area contributed by atoms with Gasteiger partial charge in [0.25, 0.3) is 0 Å². The molecule has 106 valence electrons. The van der Waals surface area contributed by atoms with Gasteiger partial charge in [-0.15, -0.1) is 0 Å². The number of halogens is 2. The average molecular weight is 286 g/mol. The minimum atomic E-state index is -0.509. The van der Waals surface area contributed by atoms with E-state index in [4.69, 9.17) is 5.73 Å². The Morgan fingerprint density at radius 2 is 1.89 bits per heavy atom. The predicted molar refractivity (Wildman–Crippen MR) is 77.6 cm³/mol. The first kappa shape index (κ1) is 14.6. The molecule has 0 saturated carbocycles. The fraction of sp³-hybridized carbons (Fsp3) is 0.571. The Kier molecular flexibility index (Phi) is 4.36. The van der Waals surface area contributed by atoms with Crippen molar-refractivity contribution >= 4 is 17.4 Å². The van der Waals surface area contributed by atoms with Gasteiger partial charge in [-0.2, -0.15) is 11.8 Å². The lowest BCUT2D eigenvalue weighted by Gasteiger charge is -2.25. The molecule has 0 atom stereocenters. The summed E-state index contributed by atoms with van der Waals surface area (Å²) in [5.41, 5.74) is 6.01. The Labute approximate surface area is 117 Å². The molecule has 1 aliphatic heterocycles. The van der Waals surface area contributed by atoms with Gasteiger partial charge in [0.2, 0.25) is 0 Å². The van der Waals surface area contributed by atoms with Crippen molar-refractivity contribution in [1.29, 1.82) is 0 Å². The highest BCUT2D eigenvalue weighted by Gasteiger charge is 2.26. The SMILES string of the molecule is CC1(C)CCN(c2c(F)cc(CN)cc2F)CCS1. The quantitative estimate of drug-likeness (QED) is 0.905. The number of nitrogens with zero attached hydrogens (tertiary/aromatic N) is 1. The molecule has 0 unspecified atom stereocenters. The molecule has 0 aromatic heterocycles. The van der Waals surface area contributed by atoms with Crippen molar-refractivity contribution in [3.05, 3.63) is 29.3 Å². The summed E-state index contributed by atoms with van der Waals surface area (Å²) in [6, 6.07) is 2.67. The Balaban J connectivity index is 2.27. The van der Waals surface area contributed by atoms with Crippen LogP contribution >= 0.6 is 11.8 Å². The lowest BCUT2D eigenvalue weighted by atomic mass is 10.1. The summed E-state index contributed by atoms with van der Waals surface area (Å²) in [7, 11) is 0. The summed E-state index contributed by atoms with van der Waals surface area (Å²) in [4.78, 5) is 1.81. The maximum absolute atomic E-state index is 14.1. The van der Waals surface area contributed by atoms with Crippen molar-refractivity contribution in [2.24, 2.45) is 5.73 Å². The number of rotatable bonds is 2. The second-order valence-electron chi connectivity index (χ2n) is 5.46. The second kappa shape index (κ2) is 5.67. The van der Waals surface area contributed by atoms with Gasteiger partial charge in [0.1, 0.15) is 17.3 Å². The summed E-state index contributed by atoms with van der Waals surface area (Å²) in [6.45, 7) is 5.84. The molecule has 2 rings (SSSR count). The number of benzene rings is 1. The zero-order valence-corrected chi connectivity index (χ0v) is 12.2. The van der Waals surface area contributed by atoms with Gasteiger partial charge < -0.3 is 10.6 Å². The van der Waals surface area contributed by atoms with Crippen molar-refractivity contribution < 1.29 is 8.78 Å². The van der Waals surface area contributed by atoms with Gasteiger partial charge in [-0.05, 0) is 24.1 Å². The van der Waals surface area contributed by atoms with E-state index < -0.39 is 11.6 Å². The highest BCUT2D eigenvalue weighted by Crippen LogP contribution is 2.34. The summed E-state index contributed by atoms with van der Waals surface area (Å²) in [5.74, 6) is -0.139. The zero-order chi connectivity index (χ0) is 14.0. The Morgan fingerprint density at radius 3 is 2.47 bits per heavy atom. The Bertz CT molecular complexity index is 440. The van der Waals surface area contributed by atoms with E-state index in [0.717, 1.165) is 12.2 Å². The molecule has 2 N–H and O–H groups in total. The van der Waals surface area contributed by atoms with E-state index in [0.29, 0.717) is 18.7 Å². The predicted octanol–water partition coefficient (Wildman–Crippen LogP) is 3.15. The number of hydrogen-bond acceptors (Lipinski definition) is 3. The van der Waals surface area contributed by atoms with E-state index in [1.165, 1.54) is 12.1 Å². The van der Waals surface area contributed by atoms with E-state index in [2.05, 4.69) is 13.8 Å².